The van der Waals surface area contributed by atoms with E-state index in [4.69, 9.17) is 9.47 Å². The normalized spacial score (nSPS) is 19.6. The maximum absolute atomic E-state index is 5.47. The van der Waals surface area contributed by atoms with Gasteiger partial charge in [0.05, 0.1) is 0 Å². The molecule has 0 aliphatic carbocycles. The number of rotatable bonds is 2. The molecule has 2 heterocycles. The minimum atomic E-state index is 0.368. The Balaban J connectivity index is 1.76. The molecule has 1 saturated heterocycles. The van der Waals surface area contributed by atoms with Crippen LogP contribution in [0.5, 0.6) is 11.5 Å². The summed E-state index contributed by atoms with van der Waals surface area (Å²) in [6.07, 6.45) is 3.74. The second kappa shape index (κ2) is 4.57. The van der Waals surface area contributed by atoms with Crippen molar-refractivity contribution < 1.29 is 9.47 Å². The Labute approximate surface area is 102 Å². The number of ether oxygens (including phenoxy) is 2. The van der Waals surface area contributed by atoms with Crippen LogP contribution in [-0.2, 0) is 6.42 Å². The van der Waals surface area contributed by atoms with E-state index in [1.165, 1.54) is 30.4 Å². The maximum atomic E-state index is 5.47. The van der Waals surface area contributed by atoms with E-state index >= 15 is 0 Å². The molecule has 17 heavy (non-hydrogen) atoms. The van der Waals surface area contributed by atoms with Gasteiger partial charge in [-0.1, -0.05) is 6.07 Å². The molecule has 0 aromatic heterocycles. The van der Waals surface area contributed by atoms with E-state index in [9.17, 15) is 0 Å². The summed E-state index contributed by atoms with van der Waals surface area (Å²) in [7, 11) is 0. The van der Waals surface area contributed by atoms with Crippen LogP contribution in [0.25, 0.3) is 0 Å². The molecule has 1 aromatic rings. The Morgan fingerprint density at radius 3 is 2.88 bits per heavy atom. The first kappa shape index (κ1) is 10.9. The van der Waals surface area contributed by atoms with E-state index in [-0.39, 0.29) is 0 Å². The number of fused-ring (bicyclic) bond motifs is 1. The van der Waals surface area contributed by atoms with Crippen molar-refractivity contribution in [2.45, 2.75) is 26.2 Å². The Hall–Kier alpha value is -1.22. The molecule has 0 atom stereocenters. The van der Waals surface area contributed by atoms with Gasteiger partial charge in [0, 0.05) is 0 Å². The van der Waals surface area contributed by atoms with Crippen LogP contribution in [0.1, 0.15) is 24.0 Å². The first-order chi connectivity index (χ1) is 8.33. The average Bonchev–Trinajstić information content (AvgIpc) is 2.79. The third-order valence-electron chi connectivity index (χ3n) is 3.70. The van der Waals surface area contributed by atoms with Crippen LogP contribution in [0.2, 0.25) is 0 Å². The average molecular weight is 233 g/mol. The lowest BCUT2D eigenvalue weighted by molar-refractivity contribution is 0.173. The highest BCUT2D eigenvalue weighted by Gasteiger charge is 2.19. The number of piperidine rings is 1. The summed E-state index contributed by atoms with van der Waals surface area (Å²) in [5.41, 5.74) is 2.59. The van der Waals surface area contributed by atoms with E-state index in [0.29, 0.717) is 6.79 Å². The Kier molecular flexibility index (Phi) is 2.93. The van der Waals surface area contributed by atoms with Crippen LogP contribution in [0.3, 0.4) is 0 Å². The van der Waals surface area contributed by atoms with Crippen molar-refractivity contribution in [1.29, 1.82) is 0 Å². The van der Waals surface area contributed by atoms with Gasteiger partial charge < -0.3 is 14.8 Å². The monoisotopic (exact) mass is 233 g/mol. The summed E-state index contributed by atoms with van der Waals surface area (Å²) in [6.45, 7) is 4.79. The van der Waals surface area contributed by atoms with E-state index in [1.807, 2.05) is 0 Å². The van der Waals surface area contributed by atoms with E-state index < -0.39 is 0 Å². The number of benzene rings is 1. The zero-order valence-corrected chi connectivity index (χ0v) is 10.3. The molecule has 3 rings (SSSR count). The molecule has 2 aliphatic rings. The van der Waals surface area contributed by atoms with Crippen molar-refractivity contribution in [3.05, 3.63) is 23.3 Å². The van der Waals surface area contributed by atoms with E-state index in [0.717, 1.165) is 30.5 Å². The molecular weight excluding hydrogens is 214 g/mol. The molecule has 1 aromatic carbocycles. The molecule has 0 spiro atoms. The first-order valence-corrected chi connectivity index (χ1v) is 6.43. The second-order valence-corrected chi connectivity index (χ2v) is 5.04. The predicted octanol–water partition coefficient (Wildman–Crippen LogP) is 2.27. The largest absolute Gasteiger partial charge is 0.454 e. The van der Waals surface area contributed by atoms with Crippen LogP contribution >= 0.6 is 0 Å². The fraction of sp³-hybridized carbons (Fsp3) is 0.571. The van der Waals surface area contributed by atoms with Crippen molar-refractivity contribution in [1.82, 2.24) is 5.32 Å². The van der Waals surface area contributed by atoms with Crippen molar-refractivity contribution in [2.24, 2.45) is 5.92 Å². The number of nitrogens with one attached hydrogen (secondary N) is 1. The van der Waals surface area contributed by atoms with Gasteiger partial charge in [-0.2, -0.15) is 0 Å². The molecule has 0 bridgehead atoms. The fourth-order valence-electron chi connectivity index (χ4n) is 2.79. The summed E-state index contributed by atoms with van der Waals surface area (Å²) in [5.74, 6) is 2.67. The highest BCUT2D eigenvalue weighted by molar-refractivity contribution is 5.50. The smallest absolute Gasteiger partial charge is 0.231 e. The van der Waals surface area contributed by atoms with Crippen LogP contribution in [0.15, 0.2) is 12.1 Å². The third-order valence-corrected chi connectivity index (χ3v) is 3.70. The molecule has 3 nitrogen and oxygen atoms in total. The van der Waals surface area contributed by atoms with Crippen molar-refractivity contribution in [2.75, 3.05) is 19.9 Å². The zero-order chi connectivity index (χ0) is 11.7. The minimum Gasteiger partial charge on any atom is -0.454 e. The molecule has 2 aliphatic heterocycles. The molecule has 0 radical (unpaired) electrons. The van der Waals surface area contributed by atoms with Gasteiger partial charge in [-0.05, 0) is 62.4 Å². The lowest BCUT2D eigenvalue weighted by Crippen LogP contribution is -2.28. The van der Waals surface area contributed by atoms with E-state index in [2.05, 4.69) is 24.4 Å². The summed E-state index contributed by atoms with van der Waals surface area (Å²) < 4.78 is 10.9. The molecule has 0 amide bonds. The third kappa shape index (κ3) is 2.25. The van der Waals surface area contributed by atoms with E-state index in [1.54, 1.807) is 0 Å². The van der Waals surface area contributed by atoms with Gasteiger partial charge in [0.15, 0.2) is 11.5 Å². The van der Waals surface area contributed by atoms with Gasteiger partial charge in [0.2, 0.25) is 6.79 Å². The SMILES string of the molecule is Cc1cc(CC2CCNCC2)cc2c1OCO2. The molecule has 92 valence electrons. The molecule has 0 saturated carbocycles. The fourth-order valence-corrected chi connectivity index (χ4v) is 2.79. The van der Waals surface area contributed by atoms with Gasteiger partial charge in [-0.25, -0.2) is 0 Å². The predicted molar refractivity (Wildman–Crippen MR) is 66.6 cm³/mol. The Morgan fingerprint density at radius 1 is 1.24 bits per heavy atom. The molecule has 3 heteroatoms. The maximum Gasteiger partial charge on any atom is 0.231 e. The highest BCUT2D eigenvalue weighted by atomic mass is 16.7. The molecule has 1 fully saturated rings. The van der Waals surface area contributed by atoms with Crippen LogP contribution < -0.4 is 14.8 Å². The van der Waals surface area contributed by atoms with Crippen molar-refractivity contribution >= 4 is 0 Å². The van der Waals surface area contributed by atoms with Gasteiger partial charge in [-0.3, -0.25) is 0 Å². The number of hydrogen-bond donors (Lipinski definition) is 1. The lowest BCUT2D eigenvalue weighted by Gasteiger charge is -2.22. The van der Waals surface area contributed by atoms with Crippen molar-refractivity contribution in [3.63, 3.8) is 0 Å². The zero-order valence-electron chi connectivity index (χ0n) is 10.3. The number of aryl methyl sites for hydroxylation is 1. The van der Waals surface area contributed by atoms with Gasteiger partial charge >= 0.3 is 0 Å². The van der Waals surface area contributed by atoms with Crippen molar-refractivity contribution in [3.8, 4) is 11.5 Å². The van der Waals surface area contributed by atoms with Crippen LogP contribution in [-0.4, -0.2) is 19.9 Å². The summed E-state index contributed by atoms with van der Waals surface area (Å²) in [5, 5.41) is 3.41. The standard InChI is InChI=1S/C14H19NO2/c1-10-6-12(7-11-2-4-15-5-3-11)8-13-14(10)17-9-16-13/h6,8,11,15H,2-5,7,9H2,1H3. The number of hydrogen-bond acceptors (Lipinski definition) is 3. The Morgan fingerprint density at radius 2 is 2.06 bits per heavy atom. The van der Waals surface area contributed by atoms with Gasteiger partial charge in [0.25, 0.3) is 0 Å². The molecule has 1 N–H and O–H groups in total. The topological polar surface area (TPSA) is 30.5 Å². The first-order valence-electron chi connectivity index (χ1n) is 6.43. The van der Waals surface area contributed by atoms with Gasteiger partial charge in [0.1, 0.15) is 0 Å². The summed E-state index contributed by atoms with van der Waals surface area (Å²) in [4.78, 5) is 0. The summed E-state index contributed by atoms with van der Waals surface area (Å²) in [6, 6.07) is 4.40. The lowest BCUT2D eigenvalue weighted by atomic mass is 9.90. The minimum absolute atomic E-state index is 0.368. The molecular formula is C14H19NO2. The van der Waals surface area contributed by atoms with Crippen LogP contribution in [0, 0.1) is 12.8 Å². The summed E-state index contributed by atoms with van der Waals surface area (Å²) >= 11 is 0. The Bertz CT molecular complexity index is 411. The van der Waals surface area contributed by atoms with Gasteiger partial charge in [-0.15, -0.1) is 0 Å². The quantitative estimate of drug-likeness (QED) is 0.850. The molecule has 0 unspecified atom stereocenters. The van der Waals surface area contributed by atoms with Crippen LogP contribution in [0.4, 0.5) is 0 Å². The highest BCUT2D eigenvalue weighted by Crippen LogP contribution is 2.37. The second-order valence-electron chi connectivity index (χ2n) is 5.04.